The Morgan fingerprint density at radius 3 is 2.13 bits per heavy atom. The maximum atomic E-state index is 11.9. The summed E-state index contributed by atoms with van der Waals surface area (Å²) >= 11 is 0. The van der Waals surface area contributed by atoms with E-state index >= 15 is 0 Å². The van der Waals surface area contributed by atoms with Gasteiger partial charge in [0.2, 0.25) is 0 Å². The molecular formula is C38H68O5Si2. The van der Waals surface area contributed by atoms with Crippen LogP contribution in [0.25, 0.3) is 0 Å². The molecule has 1 aromatic rings. The van der Waals surface area contributed by atoms with Crippen molar-refractivity contribution < 1.29 is 23.5 Å². The summed E-state index contributed by atoms with van der Waals surface area (Å²) in [4.78, 5) is 11.9. The lowest BCUT2D eigenvalue weighted by Gasteiger charge is -2.36. The van der Waals surface area contributed by atoms with Crippen molar-refractivity contribution in [2.24, 2.45) is 11.8 Å². The molecule has 0 aromatic heterocycles. The number of carbonyl (C=O) groups is 1. The van der Waals surface area contributed by atoms with Crippen LogP contribution in [-0.2, 0) is 24.8 Å². The van der Waals surface area contributed by atoms with Crippen LogP contribution in [0.4, 0.5) is 0 Å². The summed E-state index contributed by atoms with van der Waals surface area (Å²) in [6.07, 6.45) is 13.2. The zero-order valence-electron chi connectivity index (χ0n) is 30.0. The molecule has 0 unspecified atom stereocenters. The van der Waals surface area contributed by atoms with E-state index in [-0.39, 0.29) is 30.2 Å². The van der Waals surface area contributed by atoms with E-state index < -0.39 is 16.6 Å². The summed E-state index contributed by atoms with van der Waals surface area (Å²) in [6.45, 7) is 16.4. The summed E-state index contributed by atoms with van der Waals surface area (Å²) in [5.41, 5.74) is 1.37. The number of ether oxygens (including phenoxy) is 1. The Bertz CT molecular complexity index is 930. The van der Waals surface area contributed by atoms with Crippen molar-refractivity contribution >= 4 is 22.6 Å². The maximum Gasteiger partial charge on any atom is 0.305 e. The van der Waals surface area contributed by atoms with Crippen molar-refractivity contribution in [3.63, 3.8) is 0 Å². The van der Waals surface area contributed by atoms with E-state index in [0.29, 0.717) is 18.9 Å². The Balaban J connectivity index is 2.18. The van der Waals surface area contributed by atoms with Crippen LogP contribution < -0.4 is 0 Å². The average molecular weight is 661 g/mol. The number of esters is 1. The Kier molecular flexibility index (Phi) is 19.1. The highest BCUT2D eigenvalue weighted by molar-refractivity contribution is 6.74. The van der Waals surface area contributed by atoms with Crippen LogP contribution in [0.3, 0.4) is 0 Å². The Morgan fingerprint density at radius 1 is 0.889 bits per heavy atom. The highest BCUT2D eigenvalue weighted by atomic mass is 28.4. The first-order chi connectivity index (χ1) is 21.7. The zero-order chi connectivity index (χ0) is 33.1. The van der Waals surface area contributed by atoms with Crippen molar-refractivity contribution in [3.05, 3.63) is 48.0 Å². The number of aliphatic hydroxyl groups is 1. The van der Waals surface area contributed by atoms with E-state index in [4.69, 9.17) is 13.6 Å². The van der Waals surface area contributed by atoms with Crippen molar-refractivity contribution in [3.8, 4) is 0 Å². The van der Waals surface area contributed by atoms with Gasteiger partial charge in [0.05, 0.1) is 18.8 Å². The van der Waals surface area contributed by atoms with E-state index in [2.05, 4.69) is 84.0 Å². The monoisotopic (exact) mass is 660 g/mol. The number of unbranched alkanes of at least 4 members (excludes halogenated alkanes) is 1. The lowest BCUT2D eigenvalue weighted by molar-refractivity contribution is -0.143. The Hall–Kier alpha value is -1.26. The van der Waals surface area contributed by atoms with Crippen LogP contribution in [-0.4, -0.2) is 52.6 Å². The van der Waals surface area contributed by atoms with Gasteiger partial charge in [0.15, 0.2) is 16.6 Å². The third-order valence-electron chi connectivity index (χ3n) is 10.9. The molecule has 1 saturated carbocycles. The summed E-state index contributed by atoms with van der Waals surface area (Å²) in [5, 5.41) is 11.5. The normalized spacial score (nSPS) is 21.4. The molecular weight excluding hydrogens is 593 g/mol. The number of rotatable bonds is 24. The van der Waals surface area contributed by atoms with Gasteiger partial charge >= 0.3 is 5.97 Å². The SMILES string of the molecule is CCCOC(=O)CCC/C=C\C[C@@H]1[C@@H](CC[C@@H](CCc2ccccc2)O[Si](CC)(CC)CC)[C@H](O)C[C@@H]1O[Si](CC)(CC)CC. The summed E-state index contributed by atoms with van der Waals surface area (Å²) in [6, 6.07) is 17.7. The van der Waals surface area contributed by atoms with Crippen LogP contribution in [0, 0.1) is 11.8 Å². The predicted molar refractivity (Wildman–Crippen MR) is 195 cm³/mol. The maximum absolute atomic E-state index is 11.9. The topological polar surface area (TPSA) is 65.0 Å². The molecule has 5 nitrogen and oxygen atoms in total. The molecule has 1 aliphatic carbocycles. The molecule has 1 N–H and O–H groups in total. The van der Waals surface area contributed by atoms with Gasteiger partial charge in [-0.05, 0) is 111 Å². The highest BCUT2D eigenvalue weighted by Gasteiger charge is 2.45. The molecule has 0 aliphatic heterocycles. The van der Waals surface area contributed by atoms with E-state index in [1.54, 1.807) is 0 Å². The van der Waals surface area contributed by atoms with Gasteiger partial charge in [0, 0.05) is 12.5 Å². The minimum absolute atomic E-state index is 0.0944. The molecule has 7 heteroatoms. The average Bonchev–Trinajstić information content (AvgIpc) is 3.37. The summed E-state index contributed by atoms with van der Waals surface area (Å²) < 4.78 is 19.5. The number of allylic oxidation sites excluding steroid dienone is 2. The quantitative estimate of drug-likeness (QED) is 0.0517. The molecule has 2 rings (SSSR count). The molecule has 0 spiro atoms. The number of carbonyl (C=O) groups excluding carboxylic acids is 1. The van der Waals surface area contributed by atoms with Crippen molar-refractivity contribution in [1.29, 1.82) is 0 Å². The van der Waals surface area contributed by atoms with Crippen LogP contribution in [0.1, 0.15) is 112 Å². The second kappa shape index (κ2) is 21.6. The van der Waals surface area contributed by atoms with E-state index in [0.717, 1.165) is 94.1 Å². The lowest BCUT2D eigenvalue weighted by Crippen LogP contribution is -2.42. The van der Waals surface area contributed by atoms with Gasteiger partial charge in [-0.25, -0.2) is 0 Å². The molecule has 5 atom stereocenters. The fourth-order valence-corrected chi connectivity index (χ4v) is 13.2. The minimum Gasteiger partial charge on any atom is -0.466 e. The van der Waals surface area contributed by atoms with Gasteiger partial charge in [0.1, 0.15) is 0 Å². The fraction of sp³-hybridized carbons (Fsp3) is 0.763. The van der Waals surface area contributed by atoms with Gasteiger partial charge in [0.25, 0.3) is 0 Å². The van der Waals surface area contributed by atoms with E-state index in [1.807, 2.05) is 6.92 Å². The molecule has 0 amide bonds. The van der Waals surface area contributed by atoms with Crippen LogP contribution in [0.5, 0.6) is 0 Å². The highest BCUT2D eigenvalue weighted by Crippen LogP contribution is 2.43. The first-order valence-corrected chi connectivity index (χ1v) is 23.7. The van der Waals surface area contributed by atoms with Gasteiger partial charge in [-0.1, -0.05) is 91.0 Å². The first kappa shape index (κ1) is 39.9. The third-order valence-corrected chi connectivity index (χ3v) is 20.3. The summed E-state index contributed by atoms with van der Waals surface area (Å²) in [7, 11) is -3.58. The van der Waals surface area contributed by atoms with Crippen molar-refractivity contribution in [2.45, 2.75) is 167 Å². The van der Waals surface area contributed by atoms with Crippen LogP contribution in [0.2, 0.25) is 36.3 Å². The first-order valence-electron chi connectivity index (χ1n) is 18.6. The molecule has 45 heavy (non-hydrogen) atoms. The van der Waals surface area contributed by atoms with Gasteiger partial charge in [-0.2, -0.15) is 0 Å². The summed E-state index contributed by atoms with van der Waals surface area (Å²) in [5.74, 6) is 0.426. The molecule has 258 valence electrons. The van der Waals surface area contributed by atoms with Gasteiger partial charge < -0.3 is 18.7 Å². The number of aliphatic hydroxyl groups excluding tert-OH is 1. The third kappa shape index (κ3) is 13.0. The minimum atomic E-state index is -1.81. The van der Waals surface area contributed by atoms with E-state index in [1.165, 1.54) is 5.56 Å². The Morgan fingerprint density at radius 2 is 1.53 bits per heavy atom. The molecule has 0 bridgehead atoms. The van der Waals surface area contributed by atoms with Crippen LogP contribution in [0.15, 0.2) is 42.5 Å². The standard InChI is InChI=1S/C38H68O5Si2/c1-8-30-41-38(40)25-21-16-15-20-24-35-34(36(39)31-37(35)43-45(12-5,13-6)14-7)29-28-33(42-44(9-2,10-3)11-4)27-26-32-22-18-17-19-23-32/h15,17-20,22-23,33-37,39H,8-14,16,21,24-31H2,1-7H3/b20-15-/t33-,34-,35-,36-,37+/m1/s1. The molecule has 1 aliphatic rings. The molecule has 0 heterocycles. The lowest BCUT2D eigenvalue weighted by atomic mass is 9.85. The number of hydrogen-bond acceptors (Lipinski definition) is 5. The molecule has 0 saturated heterocycles. The number of aryl methyl sites for hydroxylation is 1. The second-order valence-corrected chi connectivity index (χ2v) is 22.9. The number of benzene rings is 1. The largest absolute Gasteiger partial charge is 0.466 e. The van der Waals surface area contributed by atoms with Crippen molar-refractivity contribution in [2.75, 3.05) is 6.61 Å². The molecule has 0 radical (unpaired) electrons. The molecule has 1 fully saturated rings. The van der Waals surface area contributed by atoms with Gasteiger partial charge in [-0.15, -0.1) is 0 Å². The number of hydrogen-bond donors (Lipinski definition) is 1. The molecule has 1 aromatic carbocycles. The van der Waals surface area contributed by atoms with E-state index in [9.17, 15) is 9.90 Å². The Labute approximate surface area is 279 Å². The second-order valence-electron chi connectivity index (χ2n) is 13.4. The van der Waals surface area contributed by atoms with Crippen molar-refractivity contribution in [1.82, 2.24) is 0 Å². The van der Waals surface area contributed by atoms with Gasteiger partial charge in [-0.3, -0.25) is 4.79 Å². The zero-order valence-corrected chi connectivity index (χ0v) is 32.0. The fourth-order valence-electron chi connectivity index (χ4n) is 7.33. The smallest absolute Gasteiger partial charge is 0.305 e. The predicted octanol–water partition coefficient (Wildman–Crippen LogP) is 10.2. The van der Waals surface area contributed by atoms with Crippen LogP contribution >= 0.6 is 0 Å².